The molecule has 0 spiro atoms. The normalized spacial score (nSPS) is 23.3. The van der Waals surface area contributed by atoms with Gasteiger partial charge in [0.05, 0.1) is 22.7 Å². The van der Waals surface area contributed by atoms with E-state index in [4.69, 9.17) is 10.5 Å². The minimum absolute atomic E-state index is 0.0160. The highest BCUT2D eigenvalue weighted by molar-refractivity contribution is 7.73. The van der Waals surface area contributed by atoms with Gasteiger partial charge in [0, 0.05) is 44.6 Å². The standard InChI is InChI=1S/C38H53N7O9S/c1-36(2,51)30-22-40-43-45(30)27-21-29(34(49)42-37(31(46)32(39)47)16-18-54-19-17-37)44(23-27)35(50)28(20-24-8-4-3-5-9-24)41-33(48)25-10-12-26(13-11-25)38(55(52)53)14-6-7-15-38/h10-13,22,24,27-29,51,55H,3-9,14-21,23H2,1-2H3,(H2,39,47)(H,41,48)(H,42,49)/t27-,28+,29-/m0/s1. The number of hydrogen-bond acceptors (Lipinski definition) is 11. The number of aromatic nitrogens is 3. The monoisotopic (exact) mass is 783 g/mol. The summed E-state index contributed by atoms with van der Waals surface area (Å²) in [7, 11) is -2.73. The van der Waals surface area contributed by atoms with Crippen LogP contribution in [-0.4, -0.2) is 100 Å². The van der Waals surface area contributed by atoms with Gasteiger partial charge < -0.3 is 31.1 Å². The Hall–Kier alpha value is -4.22. The number of rotatable bonds is 13. The molecule has 17 heteroatoms. The second-order valence-electron chi connectivity index (χ2n) is 16.2. The zero-order valence-electron chi connectivity index (χ0n) is 31.5. The Morgan fingerprint density at radius 1 is 1.00 bits per heavy atom. The van der Waals surface area contributed by atoms with Crippen LogP contribution in [0.3, 0.4) is 0 Å². The number of carbonyl (C=O) groups excluding carboxylic acids is 5. The van der Waals surface area contributed by atoms with Gasteiger partial charge in [-0.1, -0.05) is 62.3 Å². The van der Waals surface area contributed by atoms with Crippen LogP contribution in [0.25, 0.3) is 0 Å². The molecule has 1 aromatic carbocycles. The number of ether oxygens (including phenoxy) is 1. The lowest BCUT2D eigenvalue weighted by Crippen LogP contribution is -2.64. The minimum atomic E-state index is -2.73. The number of carbonyl (C=O) groups is 5. The molecule has 55 heavy (non-hydrogen) atoms. The van der Waals surface area contributed by atoms with E-state index >= 15 is 0 Å². The molecule has 300 valence electrons. The van der Waals surface area contributed by atoms with E-state index in [-0.39, 0.29) is 50.5 Å². The van der Waals surface area contributed by atoms with Crippen LogP contribution in [0.1, 0.15) is 125 Å². The molecular formula is C38H53N7O9S. The number of nitrogens with two attached hydrogens (primary N) is 1. The highest BCUT2D eigenvalue weighted by atomic mass is 32.2. The van der Waals surface area contributed by atoms with Gasteiger partial charge >= 0.3 is 0 Å². The fourth-order valence-corrected chi connectivity index (χ4v) is 10.0. The molecule has 6 rings (SSSR count). The molecule has 4 amide bonds. The Morgan fingerprint density at radius 3 is 2.25 bits per heavy atom. The van der Waals surface area contributed by atoms with E-state index < -0.39 is 74.1 Å². The number of nitrogens with zero attached hydrogens (tertiary/aromatic N) is 4. The number of benzene rings is 1. The van der Waals surface area contributed by atoms with Crippen LogP contribution in [0.4, 0.5) is 0 Å². The highest BCUT2D eigenvalue weighted by Gasteiger charge is 2.49. The van der Waals surface area contributed by atoms with Crippen molar-refractivity contribution in [1.29, 1.82) is 0 Å². The molecule has 2 saturated heterocycles. The number of aliphatic hydroxyl groups is 1. The summed E-state index contributed by atoms with van der Waals surface area (Å²) in [5.41, 5.74) is 3.73. The van der Waals surface area contributed by atoms with Gasteiger partial charge in [0.2, 0.25) is 17.6 Å². The topological polar surface area (TPSA) is 233 Å². The van der Waals surface area contributed by atoms with Crippen LogP contribution in [0, 0.1) is 5.92 Å². The lowest BCUT2D eigenvalue weighted by atomic mass is 9.84. The predicted octanol–water partition coefficient (Wildman–Crippen LogP) is 1.52. The molecule has 0 bridgehead atoms. The average Bonchev–Trinajstić information content (AvgIpc) is 3.95. The van der Waals surface area contributed by atoms with Gasteiger partial charge in [-0.2, -0.15) is 0 Å². The fourth-order valence-electron chi connectivity index (χ4n) is 9.01. The number of likely N-dealkylation sites (tertiary alicyclic amines) is 1. The van der Waals surface area contributed by atoms with Crippen LogP contribution in [0.5, 0.6) is 0 Å². The van der Waals surface area contributed by atoms with E-state index in [1.807, 2.05) is 0 Å². The Balaban J connectivity index is 1.31. The number of thiol groups is 1. The van der Waals surface area contributed by atoms with Gasteiger partial charge in [-0.25, -0.2) is 13.1 Å². The number of ketones is 1. The third-order valence-corrected chi connectivity index (χ3v) is 13.5. The Labute approximate surface area is 322 Å². The van der Waals surface area contributed by atoms with Crippen molar-refractivity contribution in [2.24, 2.45) is 11.7 Å². The summed E-state index contributed by atoms with van der Waals surface area (Å²) in [6.07, 6.45) is 9.31. The van der Waals surface area contributed by atoms with Crippen molar-refractivity contribution in [3.8, 4) is 0 Å². The fraction of sp³-hybridized carbons (Fsp3) is 0.658. The third-order valence-electron chi connectivity index (χ3n) is 12.1. The maximum absolute atomic E-state index is 14.9. The SMILES string of the molecule is CC(C)(O)c1cnnn1[C@H]1C[C@@H](C(=O)NC2(C(=O)C(N)=O)CCOCC2)N(C(=O)[C@@H](CC2CCCCC2)NC(=O)c2ccc(C3([SH](=O)=O)CCCC3)cc2)C1. The summed E-state index contributed by atoms with van der Waals surface area (Å²) in [5.74, 6) is -3.69. The zero-order valence-corrected chi connectivity index (χ0v) is 32.4. The second-order valence-corrected chi connectivity index (χ2v) is 17.6. The van der Waals surface area contributed by atoms with Gasteiger partial charge in [-0.05, 0) is 56.7 Å². The lowest BCUT2D eigenvalue weighted by Gasteiger charge is -2.37. The van der Waals surface area contributed by atoms with Gasteiger partial charge in [0.25, 0.3) is 11.8 Å². The van der Waals surface area contributed by atoms with Crippen molar-refractivity contribution in [3.05, 3.63) is 47.3 Å². The Morgan fingerprint density at radius 2 is 1.65 bits per heavy atom. The van der Waals surface area contributed by atoms with E-state index in [1.165, 1.54) is 15.8 Å². The van der Waals surface area contributed by atoms with Crippen molar-refractivity contribution in [2.75, 3.05) is 19.8 Å². The van der Waals surface area contributed by atoms with Gasteiger partial charge in [0.15, 0.2) is 0 Å². The molecule has 0 unspecified atom stereocenters. The third kappa shape index (κ3) is 8.48. The Kier molecular flexibility index (Phi) is 12.1. The van der Waals surface area contributed by atoms with Crippen molar-refractivity contribution in [3.63, 3.8) is 0 Å². The molecule has 3 heterocycles. The molecule has 16 nitrogen and oxygen atoms in total. The van der Waals surface area contributed by atoms with E-state index in [0.29, 0.717) is 30.5 Å². The quantitative estimate of drug-likeness (QED) is 0.144. The maximum Gasteiger partial charge on any atom is 0.287 e. The number of hydrogen-bond donors (Lipinski definition) is 5. The van der Waals surface area contributed by atoms with Crippen LogP contribution < -0.4 is 16.4 Å². The van der Waals surface area contributed by atoms with Gasteiger partial charge in [-0.15, -0.1) is 5.10 Å². The summed E-state index contributed by atoms with van der Waals surface area (Å²) >= 11 is 0. The first kappa shape index (κ1) is 40.4. The van der Waals surface area contributed by atoms with Crippen molar-refractivity contribution < 1.29 is 42.2 Å². The summed E-state index contributed by atoms with van der Waals surface area (Å²) < 4.78 is 30.6. The molecule has 2 saturated carbocycles. The summed E-state index contributed by atoms with van der Waals surface area (Å²) in [6, 6.07) is 3.71. The van der Waals surface area contributed by atoms with Crippen LogP contribution in [0.2, 0.25) is 0 Å². The molecule has 2 aromatic rings. The smallest absolute Gasteiger partial charge is 0.287 e. The first-order chi connectivity index (χ1) is 26.1. The maximum atomic E-state index is 14.9. The molecule has 3 atom stereocenters. The predicted molar refractivity (Wildman–Crippen MR) is 199 cm³/mol. The highest BCUT2D eigenvalue weighted by Crippen LogP contribution is 2.42. The largest absolute Gasteiger partial charge is 0.384 e. The molecule has 1 aromatic heterocycles. The number of amides is 4. The average molecular weight is 784 g/mol. The molecule has 2 aliphatic heterocycles. The van der Waals surface area contributed by atoms with Gasteiger partial charge in [0.1, 0.15) is 33.9 Å². The van der Waals surface area contributed by atoms with Crippen molar-refractivity contribution in [2.45, 2.75) is 131 Å². The molecular weight excluding hydrogens is 731 g/mol. The van der Waals surface area contributed by atoms with Crippen LogP contribution in [-0.2, 0) is 45.0 Å². The Bertz CT molecular complexity index is 1830. The molecule has 4 aliphatic rings. The summed E-state index contributed by atoms with van der Waals surface area (Å²) in [5, 5.41) is 24.9. The van der Waals surface area contributed by atoms with Crippen molar-refractivity contribution in [1.82, 2.24) is 30.5 Å². The first-order valence-corrected chi connectivity index (χ1v) is 20.6. The second kappa shape index (κ2) is 16.5. The van der Waals surface area contributed by atoms with Crippen molar-refractivity contribution >= 4 is 40.1 Å². The molecule has 5 N–H and O–H groups in total. The zero-order chi connectivity index (χ0) is 39.5. The molecule has 2 aliphatic carbocycles. The van der Waals surface area contributed by atoms with E-state index in [2.05, 4.69) is 20.9 Å². The summed E-state index contributed by atoms with van der Waals surface area (Å²) in [4.78, 5) is 69.8. The lowest BCUT2D eigenvalue weighted by molar-refractivity contribution is -0.147. The van der Waals surface area contributed by atoms with E-state index in [9.17, 15) is 37.5 Å². The van der Waals surface area contributed by atoms with Crippen LogP contribution in [0.15, 0.2) is 30.5 Å². The first-order valence-electron chi connectivity index (χ1n) is 19.4. The molecule has 4 fully saturated rings. The molecule has 0 radical (unpaired) electrons. The van der Waals surface area contributed by atoms with E-state index in [1.54, 1.807) is 38.1 Å². The number of primary amides is 1. The number of nitrogens with one attached hydrogen (secondary N) is 2. The number of Topliss-reactive ketones (excluding diaryl/α,β-unsaturated/α-hetero) is 1. The summed E-state index contributed by atoms with van der Waals surface area (Å²) in [6.45, 7) is 3.34. The van der Waals surface area contributed by atoms with Crippen LogP contribution >= 0.6 is 0 Å². The minimum Gasteiger partial charge on any atom is -0.384 e. The van der Waals surface area contributed by atoms with Gasteiger partial charge in [-0.3, -0.25) is 24.0 Å². The van der Waals surface area contributed by atoms with E-state index in [0.717, 1.165) is 44.9 Å².